The molecule has 0 unspecified atom stereocenters. The van der Waals surface area contributed by atoms with E-state index in [-0.39, 0.29) is 24.0 Å². The molecule has 0 saturated carbocycles. The van der Waals surface area contributed by atoms with Crippen LogP contribution in [0.25, 0.3) is 0 Å². The largest absolute Gasteiger partial charge is 0.484 e. The zero-order chi connectivity index (χ0) is 24.7. The van der Waals surface area contributed by atoms with Crippen LogP contribution >= 0.6 is 0 Å². The summed E-state index contributed by atoms with van der Waals surface area (Å²) >= 11 is 0. The molecule has 0 radical (unpaired) electrons. The fourth-order valence-corrected chi connectivity index (χ4v) is 4.66. The maximum Gasteiger partial charge on any atom is 0.337 e. The Kier molecular flexibility index (Phi) is 7.91. The van der Waals surface area contributed by atoms with E-state index in [2.05, 4.69) is 10.1 Å². The van der Waals surface area contributed by atoms with Gasteiger partial charge in [0.25, 0.3) is 15.9 Å². The summed E-state index contributed by atoms with van der Waals surface area (Å²) in [6.45, 7) is 3.68. The van der Waals surface area contributed by atoms with Crippen molar-refractivity contribution in [2.75, 3.05) is 29.9 Å². The Morgan fingerprint density at radius 2 is 1.53 bits per heavy atom. The van der Waals surface area contributed by atoms with Gasteiger partial charge in [-0.3, -0.25) is 9.10 Å². The van der Waals surface area contributed by atoms with Gasteiger partial charge in [0.2, 0.25) is 0 Å². The zero-order valence-electron chi connectivity index (χ0n) is 19.1. The molecule has 1 amide bonds. The van der Waals surface area contributed by atoms with Gasteiger partial charge in [0, 0.05) is 12.2 Å². The summed E-state index contributed by atoms with van der Waals surface area (Å²) in [5.41, 5.74) is 2.36. The number of esters is 1. The molecule has 0 fully saturated rings. The summed E-state index contributed by atoms with van der Waals surface area (Å²) in [5.74, 6) is -0.422. The average molecular weight is 483 g/mol. The highest BCUT2D eigenvalue weighted by molar-refractivity contribution is 7.92. The van der Waals surface area contributed by atoms with Crippen molar-refractivity contribution in [3.63, 3.8) is 0 Å². The van der Waals surface area contributed by atoms with E-state index in [0.717, 1.165) is 5.56 Å². The molecular weight excluding hydrogens is 456 g/mol. The molecule has 0 aliphatic rings. The molecule has 178 valence electrons. The quantitative estimate of drug-likeness (QED) is 0.462. The molecule has 3 aromatic carbocycles. The van der Waals surface area contributed by atoms with Gasteiger partial charge in [-0.2, -0.15) is 0 Å². The van der Waals surface area contributed by atoms with Crippen LogP contribution in [0.1, 0.15) is 22.8 Å². The number of aryl methyl sites for hydroxylation is 1. The summed E-state index contributed by atoms with van der Waals surface area (Å²) in [5, 5.41) is 2.67. The highest BCUT2D eigenvalue weighted by Gasteiger charge is 2.23. The van der Waals surface area contributed by atoms with Crippen LogP contribution in [-0.4, -0.2) is 40.6 Å². The van der Waals surface area contributed by atoms with Gasteiger partial charge < -0.3 is 14.8 Å². The number of sulfonamides is 1. The molecule has 3 aromatic rings. The summed E-state index contributed by atoms with van der Waals surface area (Å²) < 4.78 is 37.5. The van der Waals surface area contributed by atoms with E-state index in [0.29, 0.717) is 22.7 Å². The minimum absolute atomic E-state index is 0.219. The summed E-state index contributed by atoms with van der Waals surface area (Å²) in [6, 6.07) is 19.5. The van der Waals surface area contributed by atoms with Gasteiger partial charge in [0.1, 0.15) is 5.75 Å². The van der Waals surface area contributed by atoms with Gasteiger partial charge in [-0.25, -0.2) is 13.2 Å². The third-order valence-corrected chi connectivity index (χ3v) is 6.90. The number of anilines is 2. The van der Waals surface area contributed by atoms with Crippen molar-refractivity contribution < 1.29 is 27.5 Å². The lowest BCUT2D eigenvalue weighted by Crippen LogP contribution is -2.30. The SMILES string of the molecule is CCN(c1ccc(OCC(=O)Nc2ccc(C(=O)OC)cc2)cc1)S(=O)(=O)c1ccc(C)cc1. The lowest BCUT2D eigenvalue weighted by atomic mass is 10.2. The minimum Gasteiger partial charge on any atom is -0.484 e. The minimum atomic E-state index is -3.70. The predicted molar refractivity (Wildman–Crippen MR) is 130 cm³/mol. The molecular formula is C25H26N2O6S. The summed E-state index contributed by atoms with van der Waals surface area (Å²) in [4.78, 5) is 23.9. The molecule has 8 nitrogen and oxygen atoms in total. The van der Waals surface area contributed by atoms with Crippen LogP contribution in [0.15, 0.2) is 77.7 Å². The number of ether oxygens (including phenoxy) is 2. The molecule has 0 spiro atoms. The van der Waals surface area contributed by atoms with E-state index in [1.165, 1.54) is 11.4 Å². The van der Waals surface area contributed by atoms with Crippen LogP contribution in [0, 0.1) is 6.92 Å². The van der Waals surface area contributed by atoms with Gasteiger partial charge in [-0.15, -0.1) is 0 Å². The third kappa shape index (κ3) is 5.93. The number of carbonyl (C=O) groups is 2. The molecule has 0 heterocycles. The van der Waals surface area contributed by atoms with Gasteiger partial charge in [-0.1, -0.05) is 17.7 Å². The third-order valence-electron chi connectivity index (χ3n) is 4.98. The lowest BCUT2D eigenvalue weighted by Gasteiger charge is -2.23. The maximum absolute atomic E-state index is 13.0. The van der Waals surface area contributed by atoms with Gasteiger partial charge in [0.15, 0.2) is 6.61 Å². The Morgan fingerprint density at radius 3 is 2.09 bits per heavy atom. The van der Waals surface area contributed by atoms with E-state index in [4.69, 9.17) is 4.74 Å². The smallest absolute Gasteiger partial charge is 0.337 e. The number of methoxy groups -OCH3 is 1. The number of hydrogen-bond acceptors (Lipinski definition) is 6. The van der Waals surface area contributed by atoms with Crippen molar-refractivity contribution in [2.45, 2.75) is 18.7 Å². The average Bonchev–Trinajstić information content (AvgIpc) is 2.84. The molecule has 1 N–H and O–H groups in total. The summed E-state index contributed by atoms with van der Waals surface area (Å²) in [7, 11) is -2.41. The van der Waals surface area contributed by atoms with Crippen LogP contribution in [-0.2, 0) is 19.6 Å². The first-order chi connectivity index (χ1) is 16.2. The molecule has 0 aliphatic carbocycles. The number of hydrogen-bond donors (Lipinski definition) is 1. The predicted octanol–water partition coefficient (Wildman–Crippen LogP) is 4.01. The fourth-order valence-electron chi connectivity index (χ4n) is 3.19. The van der Waals surface area contributed by atoms with Crippen LogP contribution in [0.4, 0.5) is 11.4 Å². The Balaban J connectivity index is 1.61. The monoisotopic (exact) mass is 482 g/mol. The molecule has 0 aliphatic heterocycles. The number of carbonyl (C=O) groups excluding carboxylic acids is 2. The Labute approximate surface area is 199 Å². The molecule has 0 aromatic heterocycles. The molecule has 9 heteroatoms. The highest BCUT2D eigenvalue weighted by Crippen LogP contribution is 2.26. The summed E-state index contributed by atoms with van der Waals surface area (Å²) in [6.07, 6.45) is 0. The number of rotatable bonds is 9. The number of amides is 1. The second-order valence-corrected chi connectivity index (χ2v) is 9.24. The van der Waals surface area contributed by atoms with Crippen LogP contribution in [0.2, 0.25) is 0 Å². The van der Waals surface area contributed by atoms with Gasteiger partial charge >= 0.3 is 5.97 Å². The van der Waals surface area contributed by atoms with E-state index >= 15 is 0 Å². The lowest BCUT2D eigenvalue weighted by molar-refractivity contribution is -0.118. The zero-order valence-corrected chi connectivity index (χ0v) is 20.0. The van der Waals surface area contributed by atoms with Crippen LogP contribution in [0.5, 0.6) is 5.75 Å². The molecule has 0 saturated heterocycles. The standard InChI is InChI=1S/C25H26N2O6S/c1-4-27(34(30,31)23-15-5-18(2)6-16-23)21-11-13-22(14-12-21)33-17-24(28)26-20-9-7-19(8-10-20)25(29)32-3/h5-16H,4,17H2,1-3H3,(H,26,28). The second-order valence-electron chi connectivity index (χ2n) is 7.38. The van der Waals surface area contributed by atoms with Crippen LogP contribution < -0.4 is 14.4 Å². The van der Waals surface area contributed by atoms with E-state index in [1.807, 2.05) is 6.92 Å². The topological polar surface area (TPSA) is 102 Å². The Morgan fingerprint density at radius 1 is 0.912 bits per heavy atom. The Hall–Kier alpha value is -3.85. The molecule has 0 atom stereocenters. The number of nitrogens with zero attached hydrogens (tertiary/aromatic N) is 1. The first-order valence-corrected chi connectivity index (χ1v) is 12.0. The number of benzene rings is 3. The first kappa shape index (κ1) is 24.8. The maximum atomic E-state index is 13.0. The van der Waals surface area contributed by atoms with Crippen LogP contribution in [0.3, 0.4) is 0 Å². The van der Waals surface area contributed by atoms with Gasteiger partial charge in [0.05, 0.1) is 23.3 Å². The van der Waals surface area contributed by atoms with E-state index in [9.17, 15) is 18.0 Å². The fraction of sp³-hybridized carbons (Fsp3) is 0.200. The van der Waals surface area contributed by atoms with Crippen molar-refractivity contribution in [2.24, 2.45) is 0 Å². The first-order valence-electron chi connectivity index (χ1n) is 10.5. The van der Waals surface area contributed by atoms with Crippen molar-refractivity contribution in [1.29, 1.82) is 0 Å². The Bertz CT molecular complexity index is 1240. The number of nitrogens with one attached hydrogen (secondary N) is 1. The molecule has 3 rings (SSSR count). The molecule has 34 heavy (non-hydrogen) atoms. The van der Waals surface area contributed by atoms with Crippen molar-refractivity contribution in [3.05, 3.63) is 83.9 Å². The second kappa shape index (κ2) is 10.8. The van der Waals surface area contributed by atoms with E-state index in [1.54, 1.807) is 79.7 Å². The van der Waals surface area contributed by atoms with Crippen molar-refractivity contribution in [1.82, 2.24) is 0 Å². The van der Waals surface area contributed by atoms with Crippen molar-refractivity contribution >= 4 is 33.3 Å². The normalized spacial score (nSPS) is 10.9. The van der Waals surface area contributed by atoms with E-state index < -0.39 is 16.0 Å². The van der Waals surface area contributed by atoms with Crippen molar-refractivity contribution in [3.8, 4) is 5.75 Å². The highest BCUT2D eigenvalue weighted by atomic mass is 32.2. The molecule has 0 bridgehead atoms. The van der Waals surface area contributed by atoms with Gasteiger partial charge in [-0.05, 0) is 74.5 Å².